The lowest BCUT2D eigenvalue weighted by molar-refractivity contribution is -0.384. The molecule has 1 saturated heterocycles. The van der Waals surface area contributed by atoms with Crippen LogP contribution in [0.25, 0.3) is 11.8 Å². The minimum atomic E-state index is -0.507. The van der Waals surface area contributed by atoms with Crippen LogP contribution >= 0.6 is 11.8 Å². The number of rotatable bonds is 6. The first-order valence-corrected chi connectivity index (χ1v) is 10.5. The van der Waals surface area contributed by atoms with Gasteiger partial charge >= 0.3 is 0 Å². The molecule has 0 spiro atoms. The summed E-state index contributed by atoms with van der Waals surface area (Å²) in [5, 5.41) is 10.6. The van der Waals surface area contributed by atoms with Crippen molar-refractivity contribution in [2.24, 2.45) is 0 Å². The number of amides is 2. The fourth-order valence-electron chi connectivity index (χ4n) is 3.48. The van der Waals surface area contributed by atoms with Crippen molar-refractivity contribution in [3.8, 4) is 11.4 Å². The van der Waals surface area contributed by atoms with Crippen LogP contribution in [-0.2, 0) is 11.3 Å². The summed E-state index contributed by atoms with van der Waals surface area (Å²) in [5.41, 5.74) is 3.05. The molecular weight excluding hydrogens is 430 g/mol. The van der Waals surface area contributed by atoms with E-state index in [9.17, 15) is 19.7 Å². The number of aryl methyl sites for hydroxylation is 1. The lowest BCUT2D eigenvalue weighted by Crippen LogP contribution is -2.27. The van der Waals surface area contributed by atoms with Crippen molar-refractivity contribution in [2.75, 3.05) is 7.11 Å². The second-order valence-electron chi connectivity index (χ2n) is 7.13. The Hall–Kier alpha value is -3.85. The van der Waals surface area contributed by atoms with Gasteiger partial charge in [0, 0.05) is 29.2 Å². The van der Waals surface area contributed by atoms with Gasteiger partial charge < -0.3 is 9.30 Å². The number of nitrogens with zero attached hydrogens (tertiary/aromatic N) is 3. The number of carbonyl (C=O) groups is 2. The maximum atomic E-state index is 12.9. The molecule has 4 rings (SSSR count). The summed E-state index contributed by atoms with van der Waals surface area (Å²) < 4.78 is 7.19. The van der Waals surface area contributed by atoms with E-state index in [4.69, 9.17) is 4.74 Å². The Morgan fingerprint density at radius 2 is 1.84 bits per heavy atom. The second-order valence-corrected chi connectivity index (χ2v) is 8.12. The van der Waals surface area contributed by atoms with E-state index in [-0.39, 0.29) is 12.2 Å². The lowest BCUT2D eigenvalue weighted by atomic mass is 10.2. The number of aromatic nitrogens is 1. The zero-order valence-electron chi connectivity index (χ0n) is 17.3. The van der Waals surface area contributed by atoms with Gasteiger partial charge in [0.15, 0.2) is 0 Å². The van der Waals surface area contributed by atoms with Crippen molar-refractivity contribution >= 4 is 34.7 Å². The van der Waals surface area contributed by atoms with Gasteiger partial charge in [0.2, 0.25) is 0 Å². The van der Waals surface area contributed by atoms with Crippen LogP contribution < -0.4 is 4.74 Å². The van der Waals surface area contributed by atoms with Gasteiger partial charge in [-0.2, -0.15) is 0 Å². The monoisotopic (exact) mass is 449 g/mol. The zero-order valence-corrected chi connectivity index (χ0v) is 18.2. The number of hydrogen-bond donors (Lipinski definition) is 0. The van der Waals surface area contributed by atoms with Gasteiger partial charge in [-0.3, -0.25) is 24.6 Å². The maximum Gasteiger partial charge on any atom is 0.293 e. The third-order valence-corrected chi connectivity index (χ3v) is 5.96. The predicted octanol–water partition coefficient (Wildman–Crippen LogP) is 4.94. The van der Waals surface area contributed by atoms with Gasteiger partial charge in [0.05, 0.1) is 23.5 Å². The number of nitro groups is 1. The standard InChI is InChI=1S/C23H19N3O5S/c1-15-6-7-18(25(15)17-8-10-20(31-2)11-9-17)13-21-22(27)24(23(28)32-21)14-16-4-3-5-19(12-16)26(29)30/h3-13H,14H2,1-2H3/b21-13-. The summed E-state index contributed by atoms with van der Waals surface area (Å²) >= 11 is 0.857. The molecule has 0 saturated carbocycles. The highest BCUT2D eigenvalue weighted by atomic mass is 32.2. The molecule has 2 heterocycles. The van der Waals surface area contributed by atoms with Gasteiger partial charge in [0.1, 0.15) is 5.75 Å². The molecule has 3 aromatic rings. The molecule has 0 atom stereocenters. The topological polar surface area (TPSA) is 94.7 Å². The van der Waals surface area contributed by atoms with Crippen molar-refractivity contribution in [3.05, 3.63) is 92.6 Å². The average molecular weight is 449 g/mol. The molecule has 9 heteroatoms. The summed E-state index contributed by atoms with van der Waals surface area (Å²) in [6.07, 6.45) is 1.69. The van der Waals surface area contributed by atoms with Crippen molar-refractivity contribution < 1.29 is 19.2 Å². The van der Waals surface area contributed by atoms with E-state index in [1.165, 1.54) is 18.2 Å². The van der Waals surface area contributed by atoms with Crippen LogP contribution in [0.1, 0.15) is 17.0 Å². The minimum absolute atomic E-state index is 0.0256. The summed E-state index contributed by atoms with van der Waals surface area (Å²) in [6.45, 7) is 1.93. The molecule has 0 N–H and O–H groups in total. The Labute approximate surface area is 188 Å². The van der Waals surface area contributed by atoms with E-state index in [1.807, 2.05) is 47.9 Å². The minimum Gasteiger partial charge on any atom is -0.497 e. The number of hydrogen-bond acceptors (Lipinski definition) is 6. The highest BCUT2D eigenvalue weighted by Gasteiger charge is 2.35. The van der Waals surface area contributed by atoms with Crippen LogP contribution in [0.5, 0.6) is 5.75 Å². The fraction of sp³-hybridized carbons (Fsp3) is 0.130. The Morgan fingerprint density at radius 3 is 2.53 bits per heavy atom. The molecule has 2 aromatic carbocycles. The fourth-order valence-corrected chi connectivity index (χ4v) is 4.30. The molecule has 1 aliphatic rings. The van der Waals surface area contributed by atoms with Crippen molar-refractivity contribution in [1.82, 2.24) is 9.47 Å². The highest BCUT2D eigenvalue weighted by Crippen LogP contribution is 2.34. The summed E-state index contributed by atoms with van der Waals surface area (Å²) in [5.74, 6) is 0.314. The number of imide groups is 1. The van der Waals surface area contributed by atoms with E-state index in [2.05, 4.69) is 0 Å². The first-order valence-electron chi connectivity index (χ1n) is 9.69. The third-order valence-electron chi connectivity index (χ3n) is 5.05. The molecule has 1 fully saturated rings. The molecule has 0 unspecified atom stereocenters. The van der Waals surface area contributed by atoms with Gasteiger partial charge in [-0.15, -0.1) is 0 Å². The highest BCUT2D eigenvalue weighted by molar-refractivity contribution is 8.18. The number of ether oxygens (including phenoxy) is 1. The zero-order chi connectivity index (χ0) is 22.8. The summed E-state index contributed by atoms with van der Waals surface area (Å²) in [7, 11) is 1.60. The van der Waals surface area contributed by atoms with Crippen LogP contribution in [0.3, 0.4) is 0 Å². The third kappa shape index (κ3) is 4.15. The molecule has 8 nitrogen and oxygen atoms in total. The van der Waals surface area contributed by atoms with E-state index >= 15 is 0 Å². The van der Waals surface area contributed by atoms with Gasteiger partial charge in [-0.1, -0.05) is 12.1 Å². The number of benzene rings is 2. The van der Waals surface area contributed by atoms with E-state index in [0.29, 0.717) is 10.5 Å². The maximum absolute atomic E-state index is 12.9. The van der Waals surface area contributed by atoms with E-state index < -0.39 is 16.1 Å². The summed E-state index contributed by atoms with van der Waals surface area (Å²) in [4.78, 5) is 37.3. The Kier molecular flexibility index (Phi) is 5.83. The molecular formula is C23H19N3O5S. The van der Waals surface area contributed by atoms with Crippen molar-refractivity contribution in [3.63, 3.8) is 0 Å². The van der Waals surface area contributed by atoms with E-state index in [1.54, 1.807) is 19.3 Å². The largest absolute Gasteiger partial charge is 0.497 e. The Morgan fingerprint density at radius 1 is 1.09 bits per heavy atom. The normalized spacial score (nSPS) is 14.9. The molecule has 0 radical (unpaired) electrons. The molecule has 0 aliphatic carbocycles. The first kappa shape index (κ1) is 21.4. The number of non-ortho nitro benzene ring substituents is 1. The van der Waals surface area contributed by atoms with Crippen LogP contribution in [0.2, 0.25) is 0 Å². The van der Waals surface area contributed by atoms with Gasteiger partial charge in [-0.05, 0) is 66.7 Å². The Bertz CT molecular complexity index is 1250. The number of methoxy groups -OCH3 is 1. The second kappa shape index (κ2) is 8.72. The van der Waals surface area contributed by atoms with Crippen LogP contribution in [0.4, 0.5) is 10.5 Å². The van der Waals surface area contributed by atoms with Crippen molar-refractivity contribution in [2.45, 2.75) is 13.5 Å². The number of thioether (sulfide) groups is 1. The van der Waals surface area contributed by atoms with E-state index in [0.717, 1.165) is 39.5 Å². The van der Waals surface area contributed by atoms with Crippen LogP contribution in [0.15, 0.2) is 65.6 Å². The number of nitro benzene ring substituents is 1. The van der Waals surface area contributed by atoms with Gasteiger partial charge in [-0.25, -0.2) is 0 Å². The molecule has 162 valence electrons. The molecule has 0 bridgehead atoms. The SMILES string of the molecule is COc1ccc(-n2c(C)ccc2/C=C2\SC(=O)N(Cc3cccc([N+](=O)[O-])c3)C2=O)cc1. The Balaban J connectivity index is 1.61. The predicted molar refractivity (Wildman–Crippen MR) is 122 cm³/mol. The first-order chi connectivity index (χ1) is 15.4. The molecule has 1 aliphatic heterocycles. The lowest BCUT2D eigenvalue weighted by Gasteiger charge is -2.12. The van der Waals surface area contributed by atoms with Crippen LogP contribution in [0, 0.1) is 17.0 Å². The smallest absolute Gasteiger partial charge is 0.293 e. The van der Waals surface area contributed by atoms with Gasteiger partial charge in [0.25, 0.3) is 16.8 Å². The van der Waals surface area contributed by atoms with Crippen LogP contribution in [-0.4, -0.2) is 32.6 Å². The number of carbonyl (C=O) groups excluding carboxylic acids is 2. The molecule has 1 aromatic heterocycles. The summed E-state index contributed by atoms with van der Waals surface area (Å²) in [6, 6.07) is 17.3. The average Bonchev–Trinajstić information content (AvgIpc) is 3.28. The molecule has 32 heavy (non-hydrogen) atoms. The quantitative estimate of drug-likeness (QED) is 0.301. The molecule has 2 amide bonds. The van der Waals surface area contributed by atoms with Crippen molar-refractivity contribution in [1.29, 1.82) is 0 Å².